The van der Waals surface area contributed by atoms with E-state index in [-0.39, 0.29) is 6.03 Å². The molecule has 3 rings (SSSR count). The van der Waals surface area contributed by atoms with Crippen LogP contribution in [0.25, 0.3) is 0 Å². The Bertz CT molecular complexity index is 275. The van der Waals surface area contributed by atoms with E-state index >= 15 is 0 Å². The van der Waals surface area contributed by atoms with E-state index in [1.807, 2.05) is 0 Å². The maximum atomic E-state index is 12.0. The van der Waals surface area contributed by atoms with Gasteiger partial charge in [-0.15, -0.1) is 0 Å². The van der Waals surface area contributed by atoms with Crippen LogP contribution in [-0.2, 0) is 0 Å². The molecule has 4 nitrogen and oxygen atoms in total. The first-order valence-corrected chi connectivity index (χ1v) is 6.66. The fourth-order valence-electron chi connectivity index (χ4n) is 3.52. The SMILES string of the molecule is O=C1NC2CCCCC2N1C1CCNCC1. The molecule has 0 aromatic heterocycles. The van der Waals surface area contributed by atoms with Crippen LogP contribution in [0.3, 0.4) is 0 Å². The normalized spacial score (nSPS) is 36.0. The van der Waals surface area contributed by atoms with Crippen molar-refractivity contribution in [3.05, 3.63) is 0 Å². The van der Waals surface area contributed by atoms with Gasteiger partial charge in [0.2, 0.25) is 0 Å². The minimum atomic E-state index is 0.198. The van der Waals surface area contributed by atoms with Crippen molar-refractivity contribution in [1.29, 1.82) is 0 Å². The molecule has 1 aliphatic carbocycles. The van der Waals surface area contributed by atoms with Crippen molar-refractivity contribution in [2.75, 3.05) is 13.1 Å². The maximum absolute atomic E-state index is 12.0. The molecule has 16 heavy (non-hydrogen) atoms. The van der Waals surface area contributed by atoms with Gasteiger partial charge in [0.25, 0.3) is 0 Å². The predicted molar refractivity (Wildman–Crippen MR) is 62.3 cm³/mol. The molecule has 0 aromatic rings. The monoisotopic (exact) mass is 223 g/mol. The second kappa shape index (κ2) is 4.24. The molecule has 1 saturated carbocycles. The molecule has 2 atom stereocenters. The molecule has 2 heterocycles. The first-order chi connectivity index (χ1) is 7.86. The number of hydrogen-bond donors (Lipinski definition) is 2. The van der Waals surface area contributed by atoms with Crippen LogP contribution in [-0.4, -0.2) is 42.1 Å². The zero-order valence-electron chi connectivity index (χ0n) is 9.74. The lowest BCUT2D eigenvalue weighted by atomic mass is 9.89. The Morgan fingerprint density at radius 3 is 2.62 bits per heavy atom. The van der Waals surface area contributed by atoms with Gasteiger partial charge in [0.15, 0.2) is 0 Å². The predicted octanol–water partition coefficient (Wildman–Crippen LogP) is 1.07. The molecule has 0 spiro atoms. The molecule has 2 N–H and O–H groups in total. The standard InChI is InChI=1S/C12H21N3O/c16-12-14-10-3-1-2-4-11(10)15(12)9-5-7-13-8-6-9/h9-11,13H,1-8H2,(H,14,16). The van der Waals surface area contributed by atoms with Crippen molar-refractivity contribution >= 4 is 6.03 Å². The highest BCUT2D eigenvalue weighted by atomic mass is 16.2. The number of hydrogen-bond acceptors (Lipinski definition) is 2. The lowest BCUT2D eigenvalue weighted by molar-refractivity contribution is 0.138. The van der Waals surface area contributed by atoms with Gasteiger partial charge in [-0.2, -0.15) is 0 Å². The second-order valence-corrected chi connectivity index (χ2v) is 5.30. The zero-order chi connectivity index (χ0) is 11.0. The average Bonchev–Trinajstić information content (AvgIpc) is 2.66. The van der Waals surface area contributed by atoms with Crippen molar-refractivity contribution in [3.8, 4) is 0 Å². The molecule has 4 heteroatoms. The molecule has 90 valence electrons. The summed E-state index contributed by atoms with van der Waals surface area (Å²) in [6.45, 7) is 2.12. The van der Waals surface area contributed by atoms with Crippen LogP contribution in [0.2, 0.25) is 0 Å². The fraction of sp³-hybridized carbons (Fsp3) is 0.917. The van der Waals surface area contributed by atoms with Crippen molar-refractivity contribution in [2.24, 2.45) is 0 Å². The lowest BCUT2D eigenvalue weighted by Crippen LogP contribution is -2.49. The Balaban J connectivity index is 1.74. The molecule has 3 aliphatic rings. The van der Waals surface area contributed by atoms with Gasteiger partial charge in [0.05, 0.1) is 12.1 Å². The van der Waals surface area contributed by atoms with Crippen LogP contribution in [0.5, 0.6) is 0 Å². The van der Waals surface area contributed by atoms with E-state index in [1.165, 1.54) is 25.7 Å². The molecule has 0 radical (unpaired) electrons. The highest BCUT2D eigenvalue weighted by Gasteiger charge is 2.43. The van der Waals surface area contributed by atoms with Gasteiger partial charge in [0, 0.05) is 6.04 Å². The summed E-state index contributed by atoms with van der Waals surface area (Å²) >= 11 is 0. The minimum absolute atomic E-state index is 0.198. The van der Waals surface area contributed by atoms with E-state index in [2.05, 4.69) is 15.5 Å². The molecule has 2 saturated heterocycles. The Kier molecular flexibility index (Phi) is 2.75. The molecule has 2 aliphatic heterocycles. The molecular weight excluding hydrogens is 202 g/mol. The summed E-state index contributed by atoms with van der Waals surface area (Å²) in [4.78, 5) is 14.2. The molecule has 0 aromatic carbocycles. The average molecular weight is 223 g/mol. The first-order valence-electron chi connectivity index (χ1n) is 6.66. The van der Waals surface area contributed by atoms with E-state index in [9.17, 15) is 4.79 Å². The zero-order valence-corrected chi connectivity index (χ0v) is 9.74. The summed E-state index contributed by atoms with van der Waals surface area (Å²) in [5.41, 5.74) is 0. The quantitative estimate of drug-likeness (QED) is 0.698. The van der Waals surface area contributed by atoms with Crippen molar-refractivity contribution in [1.82, 2.24) is 15.5 Å². The summed E-state index contributed by atoms with van der Waals surface area (Å²) < 4.78 is 0. The Morgan fingerprint density at radius 1 is 1.06 bits per heavy atom. The number of nitrogens with one attached hydrogen (secondary N) is 2. The third kappa shape index (κ3) is 1.69. The number of nitrogens with zero attached hydrogens (tertiary/aromatic N) is 1. The summed E-state index contributed by atoms with van der Waals surface area (Å²) in [5.74, 6) is 0. The van der Waals surface area contributed by atoms with E-state index in [0.29, 0.717) is 18.1 Å². The summed E-state index contributed by atoms with van der Waals surface area (Å²) in [6, 6.07) is 1.61. The van der Waals surface area contributed by atoms with Crippen LogP contribution < -0.4 is 10.6 Å². The number of rotatable bonds is 1. The maximum Gasteiger partial charge on any atom is 0.318 e. The second-order valence-electron chi connectivity index (χ2n) is 5.30. The van der Waals surface area contributed by atoms with Gasteiger partial charge >= 0.3 is 6.03 Å². The summed E-state index contributed by atoms with van der Waals surface area (Å²) in [7, 11) is 0. The van der Waals surface area contributed by atoms with Crippen molar-refractivity contribution in [2.45, 2.75) is 56.7 Å². The van der Waals surface area contributed by atoms with E-state index < -0.39 is 0 Å². The number of amides is 2. The molecule has 0 bridgehead atoms. The number of carbonyl (C=O) groups is 1. The van der Waals surface area contributed by atoms with Gasteiger partial charge in [-0.1, -0.05) is 12.8 Å². The van der Waals surface area contributed by atoms with Gasteiger partial charge in [-0.05, 0) is 38.8 Å². The molecule has 2 amide bonds. The largest absolute Gasteiger partial charge is 0.333 e. The van der Waals surface area contributed by atoms with Gasteiger partial charge in [-0.25, -0.2) is 4.79 Å². The fourth-order valence-corrected chi connectivity index (χ4v) is 3.52. The van der Waals surface area contributed by atoms with Crippen LogP contribution >= 0.6 is 0 Å². The van der Waals surface area contributed by atoms with Gasteiger partial charge in [0.1, 0.15) is 0 Å². The highest BCUT2D eigenvalue weighted by molar-refractivity contribution is 5.78. The molecule has 2 unspecified atom stereocenters. The van der Waals surface area contributed by atoms with Crippen LogP contribution in [0.4, 0.5) is 4.79 Å². The summed E-state index contributed by atoms with van der Waals surface area (Å²) in [5, 5.41) is 6.54. The van der Waals surface area contributed by atoms with E-state index in [0.717, 1.165) is 25.9 Å². The lowest BCUT2D eigenvalue weighted by Gasteiger charge is -2.37. The Hall–Kier alpha value is -0.770. The summed E-state index contributed by atoms with van der Waals surface area (Å²) in [6.07, 6.45) is 7.19. The topological polar surface area (TPSA) is 44.4 Å². The third-order valence-corrected chi connectivity index (χ3v) is 4.33. The van der Waals surface area contributed by atoms with E-state index in [4.69, 9.17) is 0 Å². The highest BCUT2D eigenvalue weighted by Crippen LogP contribution is 2.31. The van der Waals surface area contributed by atoms with E-state index in [1.54, 1.807) is 0 Å². The van der Waals surface area contributed by atoms with Gasteiger partial charge < -0.3 is 15.5 Å². The third-order valence-electron chi connectivity index (χ3n) is 4.33. The smallest absolute Gasteiger partial charge is 0.318 e. The Morgan fingerprint density at radius 2 is 1.81 bits per heavy atom. The van der Waals surface area contributed by atoms with Crippen molar-refractivity contribution in [3.63, 3.8) is 0 Å². The van der Waals surface area contributed by atoms with Crippen molar-refractivity contribution < 1.29 is 4.79 Å². The number of fused-ring (bicyclic) bond motifs is 1. The Labute approximate surface area is 96.8 Å². The number of piperidine rings is 1. The first kappa shape index (κ1) is 10.4. The molecular formula is C12H21N3O. The van der Waals surface area contributed by atoms with Crippen LogP contribution in [0.15, 0.2) is 0 Å². The minimum Gasteiger partial charge on any atom is -0.333 e. The number of urea groups is 1. The van der Waals surface area contributed by atoms with Crippen LogP contribution in [0, 0.1) is 0 Å². The van der Waals surface area contributed by atoms with Gasteiger partial charge in [-0.3, -0.25) is 0 Å². The molecule has 3 fully saturated rings. The number of carbonyl (C=O) groups excluding carboxylic acids is 1. The van der Waals surface area contributed by atoms with Crippen LogP contribution in [0.1, 0.15) is 38.5 Å².